The summed E-state index contributed by atoms with van der Waals surface area (Å²) in [5.41, 5.74) is 0.843. The Morgan fingerprint density at radius 1 is 1.19 bits per heavy atom. The largest absolute Gasteiger partial charge is 0.255 e. The summed E-state index contributed by atoms with van der Waals surface area (Å²) in [5.74, 6) is -0.970. The van der Waals surface area contributed by atoms with E-state index in [4.69, 9.17) is 16.7 Å². The Bertz CT molecular complexity index is 837. The maximum absolute atomic E-state index is 13.9. The molecule has 0 amide bonds. The van der Waals surface area contributed by atoms with Crippen LogP contribution in [0.2, 0.25) is 5.02 Å². The number of sulfonamides is 1. The molecule has 0 saturated heterocycles. The van der Waals surface area contributed by atoms with E-state index < -0.39 is 31.5 Å². The second kappa shape index (κ2) is 5.84. The van der Waals surface area contributed by atoms with Crippen LogP contribution in [-0.4, -0.2) is 18.9 Å². The van der Waals surface area contributed by atoms with Crippen LogP contribution in [0.25, 0.3) is 11.1 Å². The molecular formula is C13H11ClFNO3S2. The van der Waals surface area contributed by atoms with Gasteiger partial charge in [-0.15, -0.1) is 0 Å². The van der Waals surface area contributed by atoms with E-state index in [0.29, 0.717) is 21.0 Å². The van der Waals surface area contributed by atoms with Gasteiger partial charge in [0.05, 0.1) is 10.8 Å². The minimum atomic E-state index is -4.13. The summed E-state index contributed by atoms with van der Waals surface area (Å²) < 4.78 is 48.0. The zero-order valence-electron chi connectivity index (χ0n) is 10.8. The van der Waals surface area contributed by atoms with Crippen molar-refractivity contribution in [2.24, 2.45) is 5.14 Å². The number of nitrogens with two attached hydrogens (primary N) is 1. The molecular weight excluding hydrogens is 337 g/mol. The fraction of sp³-hybridized carbons (Fsp3) is 0.0769. The van der Waals surface area contributed by atoms with Gasteiger partial charge in [-0.25, -0.2) is 17.9 Å². The second-order valence-electron chi connectivity index (χ2n) is 4.28. The molecule has 0 aromatic heterocycles. The summed E-state index contributed by atoms with van der Waals surface area (Å²) in [6, 6.07) is 8.20. The zero-order valence-corrected chi connectivity index (χ0v) is 13.2. The molecule has 112 valence electrons. The highest BCUT2D eigenvalue weighted by molar-refractivity contribution is 7.89. The topological polar surface area (TPSA) is 77.2 Å². The van der Waals surface area contributed by atoms with Gasteiger partial charge >= 0.3 is 0 Å². The molecule has 0 heterocycles. The third-order valence-electron chi connectivity index (χ3n) is 2.80. The summed E-state index contributed by atoms with van der Waals surface area (Å²) >= 11 is 5.91. The van der Waals surface area contributed by atoms with Gasteiger partial charge in [-0.3, -0.25) is 4.21 Å². The molecule has 0 aliphatic rings. The van der Waals surface area contributed by atoms with Gasteiger partial charge < -0.3 is 0 Å². The van der Waals surface area contributed by atoms with Gasteiger partial charge in [0.25, 0.3) is 0 Å². The normalized spacial score (nSPS) is 13.1. The summed E-state index contributed by atoms with van der Waals surface area (Å²) in [4.78, 5) is -0.116. The predicted octanol–water partition coefficient (Wildman–Crippen LogP) is 2.53. The van der Waals surface area contributed by atoms with Gasteiger partial charge in [0.15, 0.2) is 0 Å². The first-order chi connectivity index (χ1) is 9.70. The molecule has 0 bridgehead atoms. The number of hydrogen-bond donors (Lipinski definition) is 1. The summed E-state index contributed by atoms with van der Waals surface area (Å²) in [7, 11) is -5.43. The van der Waals surface area contributed by atoms with E-state index in [-0.39, 0.29) is 0 Å². The van der Waals surface area contributed by atoms with Crippen LogP contribution in [0.15, 0.2) is 46.2 Å². The molecule has 0 aliphatic heterocycles. The van der Waals surface area contributed by atoms with Crippen LogP contribution in [0.3, 0.4) is 0 Å². The van der Waals surface area contributed by atoms with Gasteiger partial charge in [0.1, 0.15) is 10.7 Å². The minimum absolute atomic E-state index is 0.368. The quantitative estimate of drug-likeness (QED) is 0.926. The van der Waals surface area contributed by atoms with Crippen molar-refractivity contribution in [2.75, 3.05) is 6.26 Å². The number of rotatable bonds is 3. The van der Waals surface area contributed by atoms with Crippen molar-refractivity contribution in [1.82, 2.24) is 0 Å². The molecule has 21 heavy (non-hydrogen) atoms. The molecule has 2 aromatic carbocycles. The molecule has 8 heteroatoms. The van der Waals surface area contributed by atoms with E-state index in [1.165, 1.54) is 12.3 Å². The molecule has 0 fully saturated rings. The number of benzene rings is 2. The molecule has 0 radical (unpaired) electrons. The van der Waals surface area contributed by atoms with Gasteiger partial charge in [0, 0.05) is 16.2 Å². The van der Waals surface area contributed by atoms with Crippen LogP contribution in [-0.2, 0) is 20.8 Å². The van der Waals surface area contributed by atoms with E-state index >= 15 is 0 Å². The molecule has 0 saturated carbocycles. The van der Waals surface area contributed by atoms with Crippen molar-refractivity contribution in [3.63, 3.8) is 0 Å². The smallest absolute Gasteiger partial charge is 0.240 e. The third-order valence-corrected chi connectivity index (χ3v) is 4.96. The maximum Gasteiger partial charge on any atom is 0.240 e. The summed E-state index contributed by atoms with van der Waals surface area (Å²) in [6.07, 6.45) is 1.49. The molecule has 0 aliphatic carbocycles. The van der Waals surface area contributed by atoms with Crippen molar-refractivity contribution in [3.05, 3.63) is 47.2 Å². The highest BCUT2D eigenvalue weighted by atomic mass is 35.5. The zero-order chi connectivity index (χ0) is 15.8. The van der Waals surface area contributed by atoms with Crippen molar-refractivity contribution in [3.8, 4) is 11.1 Å². The lowest BCUT2D eigenvalue weighted by molar-refractivity contribution is 0.568. The Hall–Kier alpha value is -1.28. The lowest BCUT2D eigenvalue weighted by atomic mass is 10.1. The number of hydrogen-bond acceptors (Lipinski definition) is 3. The predicted molar refractivity (Wildman–Crippen MR) is 80.6 cm³/mol. The SMILES string of the molecule is CS(=O)c1ccc(Cl)cc1-c1ccc(S(N)(=O)=O)c(F)c1. The van der Waals surface area contributed by atoms with E-state index in [1.807, 2.05) is 0 Å². The average molecular weight is 348 g/mol. The second-order valence-corrected chi connectivity index (χ2v) is 7.60. The van der Waals surface area contributed by atoms with Gasteiger partial charge in [-0.1, -0.05) is 17.7 Å². The molecule has 2 N–H and O–H groups in total. The van der Waals surface area contributed by atoms with Crippen LogP contribution < -0.4 is 5.14 Å². The molecule has 1 atom stereocenters. The highest BCUT2D eigenvalue weighted by Crippen LogP contribution is 2.30. The standard InChI is InChI=1S/C13H11ClFNO3S2/c1-20(17)12-4-3-9(14)7-10(12)8-2-5-13(11(15)6-8)21(16,18)19/h2-7H,1H3,(H2,16,18,19). The van der Waals surface area contributed by atoms with E-state index in [9.17, 15) is 17.0 Å². The van der Waals surface area contributed by atoms with Crippen LogP contribution in [0.1, 0.15) is 0 Å². The first-order valence-electron chi connectivity index (χ1n) is 5.66. The van der Waals surface area contributed by atoms with Crippen molar-refractivity contribution in [2.45, 2.75) is 9.79 Å². The Balaban J connectivity index is 2.66. The Morgan fingerprint density at radius 2 is 1.86 bits per heavy atom. The lowest BCUT2D eigenvalue weighted by Gasteiger charge is -2.09. The van der Waals surface area contributed by atoms with Gasteiger partial charge in [-0.05, 0) is 41.5 Å². The van der Waals surface area contributed by atoms with Crippen LogP contribution in [0.4, 0.5) is 4.39 Å². The number of halogens is 2. The van der Waals surface area contributed by atoms with Crippen LogP contribution in [0.5, 0.6) is 0 Å². The summed E-state index contributed by atoms with van der Waals surface area (Å²) in [5, 5.41) is 5.31. The lowest BCUT2D eigenvalue weighted by Crippen LogP contribution is -2.14. The van der Waals surface area contributed by atoms with Crippen LogP contribution in [0, 0.1) is 5.82 Å². The Kier molecular flexibility index (Phi) is 4.48. The maximum atomic E-state index is 13.9. The Labute approximate surface area is 129 Å². The molecule has 0 spiro atoms. The first-order valence-corrected chi connectivity index (χ1v) is 9.14. The average Bonchev–Trinajstić information content (AvgIpc) is 2.36. The van der Waals surface area contributed by atoms with E-state index in [1.54, 1.807) is 18.2 Å². The van der Waals surface area contributed by atoms with Gasteiger partial charge in [0.2, 0.25) is 10.0 Å². The molecule has 2 rings (SSSR count). The van der Waals surface area contributed by atoms with Crippen LogP contribution >= 0.6 is 11.6 Å². The van der Waals surface area contributed by atoms with E-state index in [2.05, 4.69) is 0 Å². The molecule has 4 nitrogen and oxygen atoms in total. The Morgan fingerprint density at radius 3 is 2.38 bits per heavy atom. The fourth-order valence-electron chi connectivity index (χ4n) is 1.88. The highest BCUT2D eigenvalue weighted by Gasteiger charge is 2.17. The van der Waals surface area contributed by atoms with Crippen molar-refractivity contribution in [1.29, 1.82) is 0 Å². The molecule has 1 unspecified atom stereocenters. The van der Waals surface area contributed by atoms with Crippen molar-refractivity contribution < 1.29 is 17.0 Å². The summed E-state index contributed by atoms with van der Waals surface area (Å²) in [6.45, 7) is 0. The van der Waals surface area contributed by atoms with Crippen molar-refractivity contribution >= 4 is 32.4 Å². The van der Waals surface area contributed by atoms with Gasteiger partial charge in [-0.2, -0.15) is 0 Å². The van der Waals surface area contributed by atoms with E-state index in [0.717, 1.165) is 12.1 Å². The monoisotopic (exact) mass is 347 g/mol. The first kappa shape index (κ1) is 16.1. The number of primary sulfonamides is 1. The molecule has 2 aromatic rings. The third kappa shape index (κ3) is 3.49. The minimum Gasteiger partial charge on any atom is -0.255 e. The fourth-order valence-corrected chi connectivity index (χ4v) is 3.38.